The van der Waals surface area contributed by atoms with Crippen molar-refractivity contribution in [2.24, 2.45) is 11.0 Å². The minimum Gasteiger partial charge on any atom is -0.511 e. The first-order valence-electron chi connectivity index (χ1n) is 12.7. The van der Waals surface area contributed by atoms with Crippen LogP contribution >= 0.6 is 0 Å². The number of anilines is 2. The largest absolute Gasteiger partial charge is 0.511 e. The number of benzene rings is 1. The van der Waals surface area contributed by atoms with E-state index >= 15 is 0 Å². The molecule has 37 heavy (non-hydrogen) atoms. The van der Waals surface area contributed by atoms with Gasteiger partial charge in [-0.25, -0.2) is 0 Å². The molecule has 1 aromatic carbocycles. The van der Waals surface area contributed by atoms with Gasteiger partial charge in [0.15, 0.2) is 0 Å². The Balaban J connectivity index is 0.00000112. The zero-order valence-corrected chi connectivity index (χ0v) is 22.0. The van der Waals surface area contributed by atoms with E-state index in [9.17, 15) is 5.11 Å². The van der Waals surface area contributed by atoms with Crippen LogP contribution in [-0.2, 0) is 6.61 Å². The van der Waals surface area contributed by atoms with Gasteiger partial charge in [-0.1, -0.05) is 62.1 Å². The summed E-state index contributed by atoms with van der Waals surface area (Å²) >= 11 is 0. The van der Waals surface area contributed by atoms with Crippen LogP contribution in [0, 0.1) is 5.92 Å². The summed E-state index contributed by atoms with van der Waals surface area (Å²) in [7, 11) is 0. The third-order valence-corrected chi connectivity index (χ3v) is 4.98. The van der Waals surface area contributed by atoms with Crippen LogP contribution in [0.4, 0.5) is 11.8 Å². The average Bonchev–Trinajstić information content (AvgIpc) is 3.74. The fraction of sp³-hybridized carbons (Fsp3) is 0.345. The van der Waals surface area contributed by atoms with Gasteiger partial charge in [0.25, 0.3) is 0 Å². The fourth-order valence-electron chi connectivity index (χ4n) is 2.78. The number of hydrazone groups is 1. The van der Waals surface area contributed by atoms with Gasteiger partial charge in [-0.2, -0.15) is 15.1 Å². The molecule has 1 saturated carbocycles. The molecule has 1 heterocycles. The van der Waals surface area contributed by atoms with Crippen LogP contribution in [0.15, 0.2) is 90.5 Å². The molecule has 0 saturated heterocycles. The Labute approximate surface area is 221 Å². The molecule has 0 amide bonds. The number of nitrogens with one attached hydrogen (secondary N) is 3. The molecule has 1 fully saturated rings. The molecule has 1 aliphatic rings. The van der Waals surface area contributed by atoms with E-state index < -0.39 is 0 Å². The van der Waals surface area contributed by atoms with Gasteiger partial charge in [0, 0.05) is 12.3 Å². The Bertz CT molecular complexity index is 1050. The lowest BCUT2D eigenvalue weighted by molar-refractivity contribution is 0.294. The molecule has 0 atom stereocenters. The highest BCUT2D eigenvalue weighted by molar-refractivity contribution is 5.63. The van der Waals surface area contributed by atoms with Crippen molar-refractivity contribution in [1.82, 2.24) is 15.4 Å². The maximum atomic E-state index is 10.1. The van der Waals surface area contributed by atoms with Crippen LogP contribution in [0.1, 0.15) is 51.5 Å². The summed E-state index contributed by atoms with van der Waals surface area (Å²) in [5.74, 6) is 2.49. The number of aliphatic hydroxyl groups is 1. The first kappa shape index (κ1) is 29.2. The Kier molecular flexibility index (Phi) is 13.7. The summed E-state index contributed by atoms with van der Waals surface area (Å²) in [4.78, 5) is 8.87. The second-order valence-electron chi connectivity index (χ2n) is 8.41. The van der Waals surface area contributed by atoms with Gasteiger partial charge in [-0.15, -0.1) is 6.58 Å². The predicted octanol–water partition coefficient (Wildman–Crippen LogP) is 6.72. The van der Waals surface area contributed by atoms with Gasteiger partial charge in [0.1, 0.15) is 24.0 Å². The molecule has 2 aromatic rings. The smallest absolute Gasteiger partial charge is 0.228 e. The van der Waals surface area contributed by atoms with E-state index in [1.165, 1.54) is 12.8 Å². The molecule has 4 N–H and O–H groups in total. The monoisotopic (exact) mass is 504 g/mol. The number of rotatable bonds is 15. The zero-order chi connectivity index (χ0) is 26.7. The fourth-order valence-corrected chi connectivity index (χ4v) is 2.78. The Morgan fingerprint density at radius 3 is 2.65 bits per heavy atom. The number of aromatic nitrogens is 2. The average molecular weight is 505 g/mol. The third kappa shape index (κ3) is 13.6. The second-order valence-corrected chi connectivity index (χ2v) is 8.41. The van der Waals surface area contributed by atoms with Crippen molar-refractivity contribution >= 4 is 18.0 Å². The van der Waals surface area contributed by atoms with Crippen molar-refractivity contribution in [1.29, 1.82) is 0 Å². The predicted molar refractivity (Wildman–Crippen MR) is 154 cm³/mol. The van der Waals surface area contributed by atoms with Crippen LogP contribution in [-0.4, -0.2) is 27.8 Å². The van der Waals surface area contributed by atoms with Gasteiger partial charge in [0.05, 0.1) is 6.54 Å². The van der Waals surface area contributed by atoms with Crippen LogP contribution in [0.2, 0.25) is 0 Å². The molecule has 0 bridgehead atoms. The number of ether oxygens (including phenoxy) is 1. The number of nitrogens with zero attached hydrogens (tertiary/aromatic N) is 3. The lowest BCUT2D eigenvalue weighted by Crippen LogP contribution is -2.15. The van der Waals surface area contributed by atoms with E-state index in [0.29, 0.717) is 36.0 Å². The summed E-state index contributed by atoms with van der Waals surface area (Å²) < 4.78 is 5.88. The standard InChI is InChI=1S/C25H32N6O2.C4H8/c1-3-4-5-9-12-22(32)17-26-25-29-23(28-19(2)31-27-16-20-13-14-20)15-24(30-25)33-18-21-10-7-6-8-11-21;1-3-4-2/h3-4,6-8,10-12,15-16,20,31-32H,2,5,9,13-14,17-18H2,1H3,(H2,26,28,29,30);3H,1,4H2,2H3/b4-3-,22-12-,27-16+;. The summed E-state index contributed by atoms with van der Waals surface area (Å²) in [6, 6.07) is 11.5. The van der Waals surface area contributed by atoms with E-state index in [1.807, 2.05) is 55.6 Å². The Hall–Kier alpha value is -4.07. The summed E-state index contributed by atoms with van der Waals surface area (Å²) in [5.41, 5.74) is 3.90. The minimum absolute atomic E-state index is 0.211. The molecule has 0 aliphatic heterocycles. The number of aliphatic hydroxyl groups excluding tert-OH is 1. The number of hydrogen-bond donors (Lipinski definition) is 4. The third-order valence-electron chi connectivity index (χ3n) is 4.98. The van der Waals surface area contributed by atoms with Crippen molar-refractivity contribution < 1.29 is 9.84 Å². The normalized spacial score (nSPS) is 13.1. The van der Waals surface area contributed by atoms with Crippen molar-refractivity contribution in [2.45, 2.75) is 52.6 Å². The molecule has 0 spiro atoms. The van der Waals surface area contributed by atoms with Gasteiger partial charge in [-0.05, 0) is 56.6 Å². The van der Waals surface area contributed by atoms with Crippen LogP contribution in [0.3, 0.4) is 0 Å². The highest BCUT2D eigenvalue weighted by Gasteiger charge is 2.18. The molecule has 0 radical (unpaired) electrons. The molecule has 1 aliphatic carbocycles. The van der Waals surface area contributed by atoms with E-state index in [2.05, 4.69) is 57.3 Å². The topological polar surface area (TPSA) is 104 Å². The summed E-state index contributed by atoms with van der Waals surface area (Å²) in [5, 5.41) is 20.4. The van der Waals surface area contributed by atoms with E-state index in [0.717, 1.165) is 24.8 Å². The highest BCUT2D eigenvalue weighted by atomic mass is 16.5. The van der Waals surface area contributed by atoms with Crippen LogP contribution in [0.25, 0.3) is 0 Å². The first-order valence-corrected chi connectivity index (χ1v) is 12.7. The molecule has 8 heteroatoms. The SMILES string of the molecule is C=C(N/N=C/C1CC1)Nc1cc(OCc2ccccc2)nc(NC/C(O)=C/CC/C=C\C)n1.C=CCC. The van der Waals surface area contributed by atoms with Gasteiger partial charge in [0.2, 0.25) is 11.8 Å². The van der Waals surface area contributed by atoms with E-state index in [1.54, 1.807) is 12.1 Å². The Morgan fingerprint density at radius 2 is 1.97 bits per heavy atom. The molecule has 3 rings (SSSR count). The molecule has 198 valence electrons. The molecular formula is C29H40N6O2. The second kappa shape index (κ2) is 17.4. The Morgan fingerprint density at radius 1 is 1.22 bits per heavy atom. The molecule has 1 aromatic heterocycles. The number of allylic oxidation sites excluding steroid dienone is 4. The molecular weight excluding hydrogens is 464 g/mol. The maximum absolute atomic E-state index is 10.1. The van der Waals surface area contributed by atoms with Gasteiger partial charge in [-0.3, -0.25) is 5.43 Å². The van der Waals surface area contributed by atoms with E-state index in [4.69, 9.17) is 4.74 Å². The number of unbranched alkanes of at least 4 members (excludes halogenated alkanes) is 1. The quantitative estimate of drug-likeness (QED) is 0.0702. The van der Waals surface area contributed by atoms with Crippen molar-refractivity contribution in [3.63, 3.8) is 0 Å². The summed E-state index contributed by atoms with van der Waals surface area (Å²) in [6.07, 6.45) is 14.7. The van der Waals surface area contributed by atoms with Crippen molar-refractivity contribution in [3.05, 3.63) is 91.0 Å². The zero-order valence-electron chi connectivity index (χ0n) is 22.0. The van der Waals surface area contributed by atoms with E-state index in [-0.39, 0.29) is 12.3 Å². The van der Waals surface area contributed by atoms with Crippen molar-refractivity contribution in [2.75, 3.05) is 17.2 Å². The lowest BCUT2D eigenvalue weighted by Gasteiger charge is -2.13. The minimum atomic E-state index is 0.211. The highest BCUT2D eigenvalue weighted by Crippen LogP contribution is 2.26. The van der Waals surface area contributed by atoms with Gasteiger partial charge >= 0.3 is 0 Å². The molecule has 8 nitrogen and oxygen atoms in total. The van der Waals surface area contributed by atoms with Gasteiger partial charge < -0.3 is 20.5 Å². The first-order chi connectivity index (χ1) is 18.0. The number of hydrogen-bond acceptors (Lipinski definition) is 8. The lowest BCUT2D eigenvalue weighted by atomic mass is 10.2. The van der Waals surface area contributed by atoms with Crippen LogP contribution < -0.4 is 20.8 Å². The summed E-state index contributed by atoms with van der Waals surface area (Å²) in [6.45, 7) is 12.0. The maximum Gasteiger partial charge on any atom is 0.228 e. The van der Waals surface area contributed by atoms with Crippen LogP contribution in [0.5, 0.6) is 5.88 Å². The van der Waals surface area contributed by atoms with Crippen molar-refractivity contribution in [3.8, 4) is 5.88 Å². The molecule has 0 unspecified atom stereocenters.